The van der Waals surface area contributed by atoms with Gasteiger partial charge in [-0.05, 0) is 25.3 Å². The first-order valence-corrected chi connectivity index (χ1v) is 7.62. The molecule has 2 heterocycles. The molecule has 20 heavy (non-hydrogen) atoms. The third-order valence-corrected chi connectivity index (χ3v) is 4.70. The van der Waals surface area contributed by atoms with E-state index in [0.717, 1.165) is 47.6 Å². The van der Waals surface area contributed by atoms with Crippen molar-refractivity contribution >= 4 is 51.7 Å². The highest BCUT2D eigenvalue weighted by atomic mass is 35.5. The fourth-order valence-corrected chi connectivity index (χ4v) is 3.90. The zero-order valence-electron chi connectivity index (χ0n) is 10.2. The maximum atomic E-state index is 6.36. The zero-order valence-corrected chi connectivity index (χ0v) is 12.6. The van der Waals surface area contributed by atoms with Crippen molar-refractivity contribution in [2.75, 3.05) is 5.73 Å². The van der Waals surface area contributed by atoms with E-state index in [4.69, 9.17) is 28.9 Å². The molecule has 2 aromatic rings. The van der Waals surface area contributed by atoms with Crippen molar-refractivity contribution in [1.82, 2.24) is 9.78 Å². The predicted molar refractivity (Wildman–Crippen MR) is 81.6 cm³/mol. The second kappa shape index (κ2) is 4.31. The monoisotopic (exact) mass is 325 g/mol. The normalized spacial score (nSPS) is 15.3. The molecule has 8 heteroatoms. The van der Waals surface area contributed by atoms with Crippen LogP contribution in [0.4, 0.5) is 17.2 Å². The van der Waals surface area contributed by atoms with Crippen molar-refractivity contribution in [1.29, 1.82) is 0 Å². The number of benzene rings is 1. The molecule has 0 radical (unpaired) electrons. The van der Waals surface area contributed by atoms with Gasteiger partial charge in [-0.25, -0.2) is 4.68 Å². The lowest BCUT2D eigenvalue weighted by Gasteiger charge is -2.11. The molecule has 5 nitrogen and oxygen atoms in total. The molecule has 0 fully saturated rings. The standard InChI is InChI=1S/C12H9Cl2N5S/c13-6-4-7(14)11(10-9(6)17-20-18-10)19-8-3-1-2-5(8)12(15)16-19/h4H,1-3H2,(H2,15,16). The number of rotatable bonds is 1. The molecule has 0 bridgehead atoms. The van der Waals surface area contributed by atoms with Crippen molar-refractivity contribution in [3.8, 4) is 5.69 Å². The molecule has 2 aliphatic rings. The molecule has 0 unspecified atom stereocenters. The summed E-state index contributed by atoms with van der Waals surface area (Å²) in [6.45, 7) is 0. The van der Waals surface area contributed by atoms with Crippen molar-refractivity contribution < 1.29 is 0 Å². The van der Waals surface area contributed by atoms with Gasteiger partial charge < -0.3 is 5.73 Å². The number of nitrogens with two attached hydrogens (primary N) is 1. The Morgan fingerprint density at radius 1 is 1.15 bits per heavy atom. The summed E-state index contributed by atoms with van der Waals surface area (Å²) >= 11 is 13.6. The van der Waals surface area contributed by atoms with Crippen LogP contribution in [-0.2, 0) is 24.2 Å². The molecule has 1 aliphatic carbocycles. The van der Waals surface area contributed by atoms with Gasteiger partial charge in [0.05, 0.1) is 21.4 Å². The van der Waals surface area contributed by atoms with Crippen molar-refractivity contribution in [3.63, 3.8) is 0 Å². The first kappa shape index (κ1) is 12.4. The lowest BCUT2D eigenvalue weighted by molar-refractivity contribution is 0.789. The van der Waals surface area contributed by atoms with Crippen LogP contribution in [0, 0.1) is 0 Å². The number of nitrogen functional groups attached to an aromatic ring is 1. The summed E-state index contributed by atoms with van der Waals surface area (Å²) in [6.07, 6.45) is 2.99. The van der Waals surface area contributed by atoms with Crippen molar-refractivity contribution in [2.45, 2.75) is 19.3 Å². The quantitative estimate of drug-likeness (QED) is 0.735. The fourth-order valence-electron chi connectivity index (χ4n) is 2.71. The Kier molecular flexibility index (Phi) is 2.67. The van der Waals surface area contributed by atoms with Crippen LogP contribution in [0.1, 0.15) is 17.7 Å². The highest BCUT2D eigenvalue weighted by molar-refractivity contribution is 7.58. The molecule has 0 atom stereocenters. The maximum Gasteiger partial charge on any atom is 0.149 e. The van der Waals surface area contributed by atoms with E-state index >= 15 is 0 Å². The summed E-state index contributed by atoms with van der Waals surface area (Å²) < 4.78 is 10.3. The minimum absolute atomic E-state index is 0.499. The molecule has 1 aliphatic heterocycles. The molecule has 1 aromatic heterocycles. The average Bonchev–Trinajstić information content (AvgIpc) is 3.09. The lowest BCUT2D eigenvalue weighted by Crippen LogP contribution is -2.03. The Labute approximate surface area is 128 Å². The van der Waals surface area contributed by atoms with E-state index < -0.39 is 0 Å². The van der Waals surface area contributed by atoms with Crippen LogP contribution in [0.15, 0.2) is 14.8 Å². The summed E-state index contributed by atoms with van der Waals surface area (Å²) in [5, 5.41) is 5.43. The first-order valence-electron chi connectivity index (χ1n) is 6.13. The Bertz CT molecular complexity index is 820. The molecular formula is C12H9Cl2N5S. The Balaban J connectivity index is 2.04. The molecule has 0 saturated heterocycles. The summed E-state index contributed by atoms with van der Waals surface area (Å²) in [6, 6.07) is 1.68. The Hall–Kier alpha value is -1.37. The SMILES string of the molecule is Nc1nn(-c2c(Cl)cc(Cl)c3c2N=S=N3)c2c1CCC2. The molecule has 0 saturated carbocycles. The second-order valence-electron chi connectivity index (χ2n) is 4.73. The third-order valence-electron chi connectivity index (χ3n) is 3.59. The van der Waals surface area contributed by atoms with Crippen LogP contribution < -0.4 is 5.73 Å². The van der Waals surface area contributed by atoms with E-state index in [2.05, 4.69) is 13.8 Å². The number of nitrogens with zero attached hydrogens (tertiary/aromatic N) is 4. The number of hydrogen-bond donors (Lipinski definition) is 1. The van der Waals surface area contributed by atoms with Crippen molar-refractivity contribution in [3.05, 3.63) is 27.4 Å². The molecule has 1 aromatic carbocycles. The largest absolute Gasteiger partial charge is 0.382 e. The van der Waals surface area contributed by atoms with Crippen LogP contribution in [-0.4, -0.2) is 9.78 Å². The van der Waals surface area contributed by atoms with Gasteiger partial charge in [-0.2, -0.15) is 13.8 Å². The molecule has 2 N–H and O–H groups in total. The van der Waals surface area contributed by atoms with Gasteiger partial charge in [0.1, 0.15) is 22.9 Å². The number of hydrogen-bond acceptors (Lipinski definition) is 4. The van der Waals surface area contributed by atoms with Gasteiger partial charge in [-0.3, -0.25) is 0 Å². The van der Waals surface area contributed by atoms with E-state index in [9.17, 15) is 0 Å². The maximum absolute atomic E-state index is 6.36. The van der Waals surface area contributed by atoms with E-state index in [1.807, 2.05) is 0 Å². The molecular weight excluding hydrogens is 317 g/mol. The minimum Gasteiger partial charge on any atom is -0.382 e. The zero-order chi connectivity index (χ0) is 13.9. The predicted octanol–water partition coefficient (Wildman–Crippen LogP) is 3.98. The summed E-state index contributed by atoms with van der Waals surface area (Å²) in [5.41, 5.74) is 10.3. The minimum atomic E-state index is 0.499. The molecule has 0 spiro atoms. The van der Waals surface area contributed by atoms with Gasteiger partial charge in [0.15, 0.2) is 0 Å². The highest BCUT2D eigenvalue weighted by Gasteiger charge is 2.27. The number of halogens is 2. The van der Waals surface area contributed by atoms with Crippen LogP contribution in [0.2, 0.25) is 10.0 Å². The topological polar surface area (TPSA) is 68.6 Å². The summed E-state index contributed by atoms with van der Waals surface area (Å²) in [4.78, 5) is 0. The van der Waals surface area contributed by atoms with Gasteiger partial charge in [-0.1, -0.05) is 23.2 Å². The third kappa shape index (κ3) is 1.58. The highest BCUT2D eigenvalue weighted by Crippen LogP contribution is 2.47. The molecule has 102 valence electrons. The first-order chi connectivity index (χ1) is 9.66. The van der Waals surface area contributed by atoms with Crippen LogP contribution in [0.25, 0.3) is 5.69 Å². The Morgan fingerprint density at radius 2 is 1.95 bits per heavy atom. The van der Waals surface area contributed by atoms with Gasteiger partial charge in [0.25, 0.3) is 0 Å². The van der Waals surface area contributed by atoms with E-state index in [1.54, 1.807) is 10.7 Å². The van der Waals surface area contributed by atoms with Gasteiger partial charge >= 0.3 is 0 Å². The number of fused-ring (bicyclic) bond motifs is 2. The summed E-state index contributed by atoms with van der Waals surface area (Å²) in [5.74, 6) is 0.569. The van der Waals surface area contributed by atoms with Crippen LogP contribution in [0.3, 0.4) is 0 Å². The Morgan fingerprint density at radius 3 is 2.80 bits per heavy atom. The van der Waals surface area contributed by atoms with Gasteiger partial charge in [-0.15, -0.1) is 0 Å². The lowest BCUT2D eigenvalue weighted by atomic mass is 10.2. The van der Waals surface area contributed by atoms with Crippen LogP contribution in [0.5, 0.6) is 0 Å². The fraction of sp³-hybridized carbons (Fsp3) is 0.250. The smallest absolute Gasteiger partial charge is 0.149 e. The molecule has 4 rings (SSSR count). The average molecular weight is 326 g/mol. The van der Waals surface area contributed by atoms with Crippen molar-refractivity contribution in [2.24, 2.45) is 8.73 Å². The van der Waals surface area contributed by atoms with E-state index in [1.165, 1.54) is 0 Å². The molecule has 0 amide bonds. The van der Waals surface area contributed by atoms with Gasteiger partial charge in [0.2, 0.25) is 0 Å². The second-order valence-corrected chi connectivity index (χ2v) is 6.07. The van der Waals surface area contributed by atoms with E-state index in [0.29, 0.717) is 27.2 Å². The number of anilines is 1. The number of aromatic nitrogens is 2. The summed E-state index contributed by atoms with van der Waals surface area (Å²) in [7, 11) is 0. The van der Waals surface area contributed by atoms with Crippen LogP contribution >= 0.6 is 23.2 Å². The van der Waals surface area contributed by atoms with E-state index in [-0.39, 0.29) is 0 Å². The van der Waals surface area contributed by atoms with Gasteiger partial charge in [0, 0.05) is 11.3 Å².